The second-order valence-electron chi connectivity index (χ2n) is 6.02. The third-order valence-electron chi connectivity index (χ3n) is 4.09. The minimum Gasteiger partial charge on any atom is -0.481 e. The van der Waals surface area contributed by atoms with Crippen LogP contribution in [0.4, 0.5) is 5.69 Å². The van der Waals surface area contributed by atoms with E-state index in [4.69, 9.17) is 27.9 Å². The average molecular weight is 400 g/mol. The van der Waals surface area contributed by atoms with Crippen molar-refractivity contribution in [2.45, 2.75) is 19.4 Å². The zero-order valence-electron chi connectivity index (χ0n) is 14.8. The molecule has 0 bridgehead atoms. The number of carbonyl (C=O) groups excluding carboxylic acids is 1. The van der Waals surface area contributed by atoms with E-state index >= 15 is 0 Å². The quantitative estimate of drug-likeness (QED) is 0.516. The molecule has 0 radical (unpaired) electrons. The number of anilines is 1. The van der Waals surface area contributed by atoms with Crippen LogP contribution in [0.25, 0.3) is 11.1 Å². The Hall–Kier alpha value is -2.49. The standard InChI is InChI=1S/C22H19Cl2NO2/c1-2-21(22(26)25-20-13-10-17(23)14-19(20)24)27-18-11-8-16(9-12-18)15-6-4-3-5-7-15/h3-14,21H,2H2,1H3,(H,25,26). The number of ether oxygens (including phenoxy) is 1. The van der Waals surface area contributed by atoms with Gasteiger partial charge in [0.05, 0.1) is 10.7 Å². The first-order valence-electron chi connectivity index (χ1n) is 8.65. The van der Waals surface area contributed by atoms with Crippen LogP contribution in [0, 0.1) is 0 Å². The van der Waals surface area contributed by atoms with Gasteiger partial charge < -0.3 is 10.1 Å². The SMILES string of the molecule is CCC(Oc1ccc(-c2ccccc2)cc1)C(=O)Nc1ccc(Cl)cc1Cl. The van der Waals surface area contributed by atoms with Gasteiger partial charge in [0.25, 0.3) is 5.91 Å². The highest BCUT2D eigenvalue weighted by atomic mass is 35.5. The summed E-state index contributed by atoms with van der Waals surface area (Å²) in [5, 5.41) is 3.69. The Kier molecular flexibility index (Phi) is 6.38. The maximum absolute atomic E-state index is 12.5. The molecule has 0 aliphatic rings. The molecule has 0 aliphatic carbocycles. The second-order valence-corrected chi connectivity index (χ2v) is 6.86. The summed E-state index contributed by atoms with van der Waals surface area (Å²) in [4.78, 5) is 12.5. The van der Waals surface area contributed by atoms with Crippen LogP contribution in [0.3, 0.4) is 0 Å². The molecule has 0 saturated heterocycles. The molecule has 0 aromatic heterocycles. The largest absolute Gasteiger partial charge is 0.481 e. The van der Waals surface area contributed by atoms with Crippen LogP contribution in [0.2, 0.25) is 10.0 Å². The van der Waals surface area contributed by atoms with Gasteiger partial charge in [0.1, 0.15) is 5.75 Å². The van der Waals surface area contributed by atoms with E-state index in [9.17, 15) is 4.79 Å². The van der Waals surface area contributed by atoms with Crippen LogP contribution in [0.5, 0.6) is 5.75 Å². The summed E-state index contributed by atoms with van der Waals surface area (Å²) in [5.74, 6) is 0.382. The normalized spacial score (nSPS) is 11.7. The van der Waals surface area contributed by atoms with Crippen molar-refractivity contribution in [1.29, 1.82) is 0 Å². The van der Waals surface area contributed by atoms with Crippen molar-refractivity contribution >= 4 is 34.8 Å². The maximum atomic E-state index is 12.5. The van der Waals surface area contributed by atoms with Crippen molar-refractivity contribution < 1.29 is 9.53 Å². The van der Waals surface area contributed by atoms with Gasteiger partial charge in [-0.15, -0.1) is 0 Å². The zero-order chi connectivity index (χ0) is 19.2. The number of halogens is 2. The van der Waals surface area contributed by atoms with Crippen LogP contribution >= 0.6 is 23.2 Å². The number of carbonyl (C=O) groups is 1. The van der Waals surface area contributed by atoms with Crippen LogP contribution in [-0.2, 0) is 4.79 Å². The van der Waals surface area contributed by atoms with Gasteiger partial charge in [0, 0.05) is 5.02 Å². The molecule has 1 N–H and O–H groups in total. The van der Waals surface area contributed by atoms with E-state index in [2.05, 4.69) is 5.32 Å². The van der Waals surface area contributed by atoms with E-state index in [-0.39, 0.29) is 5.91 Å². The number of amides is 1. The van der Waals surface area contributed by atoms with E-state index in [1.807, 2.05) is 61.5 Å². The Morgan fingerprint density at radius 2 is 1.63 bits per heavy atom. The molecule has 5 heteroatoms. The Labute approximate surface area is 168 Å². The molecule has 3 nitrogen and oxygen atoms in total. The van der Waals surface area contributed by atoms with Crippen LogP contribution in [0.15, 0.2) is 72.8 Å². The summed E-state index contributed by atoms with van der Waals surface area (Å²) in [7, 11) is 0. The first-order valence-corrected chi connectivity index (χ1v) is 9.40. The first-order chi connectivity index (χ1) is 13.1. The van der Waals surface area contributed by atoms with E-state index in [0.29, 0.717) is 27.9 Å². The van der Waals surface area contributed by atoms with E-state index in [0.717, 1.165) is 11.1 Å². The molecule has 3 rings (SSSR count). The summed E-state index contributed by atoms with van der Waals surface area (Å²) in [6.45, 7) is 1.89. The average Bonchev–Trinajstić information content (AvgIpc) is 2.69. The Morgan fingerprint density at radius 3 is 2.26 bits per heavy atom. The summed E-state index contributed by atoms with van der Waals surface area (Å²) >= 11 is 12.0. The van der Waals surface area contributed by atoms with Gasteiger partial charge in [0.2, 0.25) is 0 Å². The summed E-state index contributed by atoms with van der Waals surface area (Å²) in [6, 6.07) is 22.7. The van der Waals surface area contributed by atoms with Crippen molar-refractivity contribution in [3.05, 3.63) is 82.8 Å². The fourth-order valence-corrected chi connectivity index (χ4v) is 3.10. The smallest absolute Gasteiger partial charge is 0.265 e. The van der Waals surface area contributed by atoms with Crippen LogP contribution in [0.1, 0.15) is 13.3 Å². The molecule has 1 amide bonds. The van der Waals surface area contributed by atoms with E-state index in [1.54, 1.807) is 18.2 Å². The third-order valence-corrected chi connectivity index (χ3v) is 4.64. The molecule has 0 aliphatic heterocycles. The topological polar surface area (TPSA) is 38.3 Å². The van der Waals surface area contributed by atoms with Crippen molar-refractivity contribution in [2.75, 3.05) is 5.32 Å². The van der Waals surface area contributed by atoms with Gasteiger partial charge in [-0.3, -0.25) is 4.79 Å². The lowest BCUT2D eigenvalue weighted by Gasteiger charge is -2.18. The lowest BCUT2D eigenvalue weighted by atomic mass is 10.1. The van der Waals surface area contributed by atoms with Crippen molar-refractivity contribution in [1.82, 2.24) is 0 Å². The zero-order valence-corrected chi connectivity index (χ0v) is 16.3. The number of nitrogens with one attached hydrogen (secondary N) is 1. The highest BCUT2D eigenvalue weighted by Crippen LogP contribution is 2.26. The Bertz CT molecular complexity index is 911. The summed E-state index contributed by atoms with van der Waals surface area (Å²) < 4.78 is 5.87. The van der Waals surface area contributed by atoms with E-state index in [1.165, 1.54) is 0 Å². The molecule has 1 atom stereocenters. The van der Waals surface area contributed by atoms with Gasteiger partial charge in [0.15, 0.2) is 6.10 Å². The van der Waals surface area contributed by atoms with Gasteiger partial charge in [-0.2, -0.15) is 0 Å². The highest BCUT2D eigenvalue weighted by molar-refractivity contribution is 6.36. The highest BCUT2D eigenvalue weighted by Gasteiger charge is 2.19. The molecular weight excluding hydrogens is 381 g/mol. The molecule has 0 spiro atoms. The van der Waals surface area contributed by atoms with Crippen molar-refractivity contribution in [2.24, 2.45) is 0 Å². The fraction of sp³-hybridized carbons (Fsp3) is 0.136. The molecule has 3 aromatic carbocycles. The number of hydrogen-bond acceptors (Lipinski definition) is 2. The van der Waals surface area contributed by atoms with Gasteiger partial charge in [-0.05, 0) is 47.9 Å². The van der Waals surface area contributed by atoms with Gasteiger partial charge >= 0.3 is 0 Å². The molecule has 1 unspecified atom stereocenters. The maximum Gasteiger partial charge on any atom is 0.265 e. The third kappa shape index (κ3) is 5.03. The lowest BCUT2D eigenvalue weighted by Crippen LogP contribution is -2.32. The second kappa shape index (κ2) is 8.94. The molecule has 3 aromatic rings. The summed E-state index contributed by atoms with van der Waals surface area (Å²) in [6.07, 6.45) is -0.100. The minimum absolute atomic E-state index is 0.256. The minimum atomic E-state index is -0.626. The molecule has 27 heavy (non-hydrogen) atoms. The van der Waals surface area contributed by atoms with Crippen LogP contribution in [-0.4, -0.2) is 12.0 Å². The number of benzene rings is 3. The van der Waals surface area contributed by atoms with Crippen LogP contribution < -0.4 is 10.1 Å². The summed E-state index contributed by atoms with van der Waals surface area (Å²) in [5.41, 5.74) is 2.73. The fourth-order valence-electron chi connectivity index (χ4n) is 2.65. The van der Waals surface area contributed by atoms with E-state index < -0.39 is 6.10 Å². The van der Waals surface area contributed by atoms with Crippen molar-refractivity contribution in [3.8, 4) is 16.9 Å². The Morgan fingerprint density at radius 1 is 0.963 bits per heavy atom. The van der Waals surface area contributed by atoms with Gasteiger partial charge in [-0.25, -0.2) is 0 Å². The molecule has 138 valence electrons. The predicted molar refractivity (Wildman–Crippen MR) is 112 cm³/mol. The number of hydrogen-bond donors (Lipinski definition) is 1. The molecular formula is C22H19Cl2NO2. The van der Waals surface area contributed by atoms with Crippen molar-refractivity contribution in [3.63, 3.8) is 0 Å². The predicted octanol–water partition coefficient (Wildman–Crippen LogP) is 6.46. The molecule has 0 fully saturated rings. The molecule has 0 heterocycles. The lowest BCUT2D eigenvalue weighted by molar-refractivity contribution is -0.122. The monoisotopic (exact) mass is 399 g/mol. The number of rotatable bonds is 6. The first kappa shape index (κ1) is 19.3. The Balaban J connectivity index is 1.68. The van der Waals surface area contributed by atoms with Gasteiger partial charge in [-0.1, -0.05) is 72.6 Å². The molecule has 0 saturated carbocycles.